The first-order chi connectivity index (χ1) is 9.31. The quantitative estimate of drug-likeness (QED) is 0.692. The van der Waals surface area contributed by atoms with Crippen LogP contribution in [0.5, 0.6) is 5.75 Å². The van der Waals surface area contributed by atoms with Crippen molar-refractivity contribution in [3.05, 3.63) is 29.8 Å². The molecule has 0 heterocycles. The van der Waals surface area contributed by atoms with Crippen LogP contribution in [-0.2, 0) is 0 Å². The van der Waals surface area contributed by atoms with E-state index >= 15 is 0 Å². The monoisotopic (exact) mass is 281 g/mol. The van der Waals surface area contributed by atoms with Crippen molar-refractivity contribution < 1.29 is 4.74 Å². The van der Waals surface area contributed by atoms with E-state index in [2.05, 4.69) is 50.4 Å². The maximum absolute atomic E-state index is 5.63. The molecule has 108 valence electrons. The molecule has 0 fully saturated rings. The smallest absolute Gasteiger partial charge is 0.119 e. The lowest BCUT2D eigenvalue weighted by atomic mass is 10.1. The summed E-state index contributed by atoms with van der Waals surface area (Å²) in [5.74, 6) is 3.27. The summed E-state index contributed by atoms with van der Waals surface area (Å²) in [5, 5.41) is 3.62. The van der Waals surface area contributed by atoms with Crippen LogP contribution in [-0.4, -0.2) is 24.7 Å². The summed E-state index contributed by atoms with van der Waals surface area (Å²) in [6.45, 7) is 8.41. The summed E-state index contributed by atoms with van der Waals surface area (Å²) in [6.07, 6.45) is 2.22. The van der Waals surface area contributed by atoms with Crippen LogP contribution in [0.15, 0.2) is 24.3 Å². The lowest BCUT2D eigenvalue weighted by Crippen LogP contribution is -2.24. The number of thioether (sulfide) groups is 1. The Balaban J connectivity index is 2.61. The van der Waals surface area contributed by atoms with Crippen LogP contribution in [0.25, 0.3) is 0 Å². The van der Waals surface area contributed by atoms with Crippen LogP contribution in [0.2, 0.25) is 0 Å². The average molecular weight is 281 g/mol. The van der Waals surface area contributed by atoms with Gasteiger partial charge < -0.3 is 10.1 Å². The summed E-state index contributed by atoms with van der Waals surface area (Å²) >= 11 is 1.99. The molecule has 0 saturated heterocycles. The van der Waals surface area contributed by atoms with Gasteiger partial charge in [-0.1, -0.05) is 32.9 Å². The number of benzene rings is 1. The molecular weight excluding hydrogens is 254 g/mol. The molecule has 0 aromatic heterocycles. The minimum Gasteiger partial charge on any atom is -0.494 e. The van der Waals surface area contributed by atoms with Crippen molar-refractivity contribution in [2.24, 2.45) is 0 Å². The fourth-order valence-corrected chi connectivity index (χ4v) is 2.63. The first-order valence-electron chi connectivity index (χ1n) is 7.35. The van der Waals surface area contributed by atoms with Gasteiger partial charge in [0.15, 0.2) is 0 Å². The van der Waals surface area contributed by atoms with Gasteiger partial charge in [0.2, 0.25) is 0 Å². The highest BCUT2D eigenvalue weighted by Gasteiger charge is 2.10. The van der Waals surface area contributed by atoms with E-state index in [9.17, 15) is 0 Å². The third-order valence-electron chi connectivity index (χ3n) is 2.88. The topological polar surface area (TPSA) is 21.3 Å². The summed E-state index contributed by atoms with van der Waals surface area (Å²) in [4.78, 5) is 0. The molecule has 3 heteroatoms. The molecule has 1 aromatic carbocycles. The molecule has 0 aliphatic heterocycles. The third-order valence-corrected chi connectivity index (χ3v) is 3.86. The number of hydrogen-bond donors (Lipinski definition) is 1. The van der Waals surface area contributed by atoms with E-state index in [1.165, 1.54) is 17.7 Å². The van der Waals surface area contributed by atoms with Gasteiger partial charge in [-0.3, -0.25) is 0 Å². The molecule has 0 aliphatic carbocycles. The first-order valence-corrected chi connectivity index (χ1v) is 8.51. The molecule has 2 nitrogen and oxygen atoms in total. The molecule has 19 heavy (non-hydrogen) atoms. The Morgan fingerprint density at radius 3 is 2.42 bits per heavy atom. The zero-order chi connectivity index (χ0) is 13.9. The first kappa shape index (κ1) is 16.4. The SMILES string of the molecule is CCCNC(CSCC)c1ccc(OCCC)cc1. The molecule has 1 N–H and O–H groups in total. The normalized spacial score (nSPS) is 12.4. The van der Waals surface area contributed by atoms with Gasteiger partial charge >= 0.3 is 0 Å². The zero-order valence-corrected chi connectivity index (χ0v) is 13.3. The van der Waals surface area contributed by atoms with E-state index in [1.807, 2.05) is 11.8 Å². The predicted molar refractivity (Wildman–Crippen MR) is 86.3 cm³/mol. The fraction of sp³-hybridized carbons (Fsp3) is 0.625. The molecule has 1 aromatic rings. The second-order valence-electron chi connectivity index (χ2n) is 4.58. The highest BCUT2D eigenvalue weighted by atomic mass is 32.2. The second kappa shape index (κ2) is 10.2. The molecule has 1 rings (SSSR count). The molecule has 0 radical (unpaired) electrons. The van der Waals surface area contributed by atoms with Crippen LogP contribution >= 0.6 is 11.8 Å². The maximum Gasteiger partial charge on any atom is 0.119 e. The number of nitrogens with one attached hydrogen (secondary N) is 1. The second-order valence-corrected chi connectivity index (χ2v) is 5.90. The summed E-state index contributed by atoms with van der Waals surface area (Å²) < 4.78 is 5.63. The zero-order valence-electron chi connectivity index (χ0n) is 12.4. The van der Waals surface area contributed by atoms with Gasteiger partial charge in [0, 0.05) is 11.8 Å². The Hall–Kier alpha value is -0.670. The van der Waals surface area contributed by atoms with E-state index < -0.39 is 0 Å². The van der Waals surface area contributed by atoms with E-state index in [4.69, 9.17) is 4.74 Å². The van der Waals surface area contributed by atoms with Gasteiger partial charge in [-0.2, -0.15) is 11.8 Å². The molecule has 0 aliphatic rings. The molecule has 1 atom stereocenters. The minimum absolute atomic E-state index is 0.449. The molecule has 0 amide bonds. The van der Waals surface area contributed by atoms with Crippen LogP contribution < -0.4 is 10.1 Å². The Kier molecular flexibility index (Phi) is 8.76. The third kappa shape index (κ3) is 6.35. The minimum atomic E-state index is 0.449. The highest BCUT2D eigenvalue weighted by molar-refractivity contribution is 7.99. The lowest BCUT2D eigenvalue weighted by molar-refractivity contribution is 0.317. The van der Waals surface area contributed by atoms with Gasteiger partial charge in [0.05, 0.1) is 6.61 Å². The van der Waals surface area contributed by atoms with Crippen molar-refractivity contribution >= 4 is 11.8 Å². The number of ether oxygens (including phenoxy) is 1. The van der Waals surface area contributed by atoms with E-state index in [0.29, 0.717) is 6.04 Å². The maximum atomic E-state index is 5.63. The van der Waals surface area contributed by atoms with Crippen LogP contribution in [0.4, 0.5) is 0 Å². The lowest BCUT2D eigenvalue weighted by Gasteiger charge is -2.19. The van der Waals surface area contributed by atoms with E-state index in [0.717, 1.165) is 31.1 Å². The van der Waals surface area contributed by atoms with Crippen molar-refractivity contribution in [1.82, 2.24) is 5.32 Å². The molecule has 1 unspecified atom stereocenters. The fourth-order valence-electron chi connectivity index (χ4n) is 1.84. The van der Waals surface area contributed by atoms with E-state index in [-0.39, 0.29) is 0 Å². The van der Waals surface area contributed by atoms with Gasteiger partial charge in [-0.05, 0) is 42.8 Å². The van der Waals surface area contributed by atoms with Gasteiger partial charge in [0.1, 0.15) is 5.75 Å². The highest BCUT2D eigenvalue weighted by Crippen LogP contribution is 2.21. The number of hydrogen-bond acceptors (Lipinski definition) is 3. The van der Waals surface area contributed by atoms with Crippen LogP contribution in [0.1, 0.15) is 45.2 Å². The predicted octanol–water partition coefficient (Wildman–Crippen LogP) is 4.27. The van der Waals surface area contributed by atoms with Crippen molar-refractivity contribution in [3.63, 3.8) is 0 Å². The standard InChI is InChI=1S/C16H27NOS/c1-4-11-17-16(13-19-6-3)14-7-9-15(10-8-14)18-12-5-2/h7-10,16-17H,4-6,11-13H2,1-3H3. The largest absolute Gasteiger partial charge is 0.494 e. The van der Waals surface area contributed by atoms with Gasteiger partial charge in [0.25, 0.3) is 0 Å². The van der Waals surface area contributed by atoms with Crippen LogP contribution in [0, 0.1) is 0 Å². The number of rotatable bonds is 10. The van der Waals surface area contributed by atoms with E-state index in [1.54, 1.807) is 0 Å². The Morgan fingerprint density at radius 2 is 1.84 bits per heavy atom. The Morgan fingerprint density at radius 1 is 1.11 bits per heavy atom. The average Bonchev–Trinajstić information content (AvgIpc) is 2.46. The molecule has 0 spiro atoms. The van der Waals surface area contributed by atoms with Crippen molar-refractivity contribution in [1.29, 1.82) is 0 Å². The summed E-state index contributed by atoms with van der Waals surface area (Å²) in [6, 6.07) is 9.00. The van der Waals surface area contributed by atoms with Gasteiger partial charge in [-0.25, -0.2) is 0 Å². The molecular formula is C16H27NOS. The summed E-state index contributed by atoms with van der Waals surface area (Å²) in [5.41, 5.74) is 1.36. The summed E-state index contributed by atoms with van der Waals surface area (Å²) in [7, 11) is 0. The van der Waals surface area contributed by atoms with Gasteiger partial charge in [-0.15, -0.1) is 0 Å². The van der Waals surface area contributed by atoms with Crippen molar-refractivity contribution in [2.75, 3.05) is 24.7 Å². The van der Waals surface area contributed by atoms with Crippen molar-refractivity contribution in [3.8, 4) is 5.75 Å². The Labute approximate surface area is 122 Å². The Bertz CT molecular complexity index is 318. The van der Waals surface area contributed by atoms with Crippen molar-refractivity contribution in [2.45, 2.75) is 39.7 Å². The molecule has 0 bridgehead atoms. The molecule has 0 saturated carbocycles. The van der Waals surface area contributed by atoms with Crippen LogP contribution in [0.3, 0.4) is 0 Å².